The SMILES string of the molecule is CN(C)CCN1CC(CC#N)N(C)C(C)(C)C1. The summed E-state index contributed by atoms with van der Waals surface area (Å²) in [4.78, 5) is 7.06. The molecule has 4 heteroatoms. The Hall–Kier alpha value is -0.630. The van der Waals surface area contributed by atoms with Crippen molar-refractivity contribution in [3.63, 3.8) is 0 Å². The van der Waals surface area contributed by atoms with Crippen molar-refractivity contribution >= 4 is 0 Å². The Balaban J connectivity index is 2.61. The molecule has 0 aliphatic carbocycles. The normalized spacial score (nSPS) is 26.1. The number of hydrogen-bond acceptors (Lipinski definition) is 4. The molecule has 0 aromatic carbocycles. The van der Waals surface area contributed by atoms with Crippen molar-refractivity contribution in [1.82, 2.24) is 14.7 Å². The maximum atomic E-state index is 8.91. The van der Waals surface area contributed by atoms with E-state index >= 15 is 0 Å². The monoisotopic (exact) mass is 238 g/mol. The van der Waals surface area contributed by atoms with Gasteiger partial charge in [-0.3, -0.25) is 9.80 Å². The van der Waals surface area contributed by atoms with Gasteiger partial charge < -0.3 is 4.90 Å². The molecule has 0 radical (unpaired) electrons. The minimum Gasteiger partial charge on any atom is -0.308 e. The van der Waals surface area contributed by atoms with Gasteiger partial charge in [-0.05, 0) is 35.0 Å². The summed E-state index contributed by atoms with van der Waals surface area (Å²) < 4.78 is 0. The van der Waals surface area contributed by atoms with Crippen LogP contribution >= 0.6 is 0 Å². The lowest BCUT2D eigenvalue weighted by Crippen LogP contribution is -2.62. The van der Waals surface area contributed by atoms with E-state index < -0.39 is 0 Å². The molecule has 1 fully saturated rings. The van der Waals surface area contributed by atoms with Gasteiger partial charge in [0.05, 0.1) is 12.5 Å². The summed E-state index contributed by atoms with van der Waals surface area (Å²) in [6.45, 7) is 8.80. The van der Waals surface area contributed by atoms with Crippen molar-refractivity contribution in [1.29, 1.82) is 5.26 Å². The Labute approximate surface area is 106 Å². The molecule has 98 valence electrons. The molecule has 0 saturated carbocycles. The molecular formula is C13H26N4. The maximum Gasteiger partial charge on any atom is 0.0638 e. The molecule has 0 aromatic rings. The van der Waals surface area contributed by atoms with E-state index in [0.29, 0.717) is 12.5 Å². The molecule has 1 unspecified atom stereocenters. The Morgan fingerprint density at radius 1 is 1.41 bits per heavy atom. The first-order valence-corrected chi connectivity index (χ1v) is 6.34. The van der Waals surface area contributed by atoms with Crippen LogP contribution in [0.4, 0.5) is 0 Å². The van der Waals surface area contributed by atoms with Crippen LogP contribution in [0.3, 0.4) is 0 Å². The van der Waals surface area contributed by atoms with Crippen LogP contribution in [-0.2, 0) is 0 Å². The number of likely N-dealkylation sites (N-methyl/N-ethyl adjacent to an activating group) is 2. The summed E-state index contributed by atoms with van der Waals surface area (Å²) >= 11 is 0. The Kier molecular flexibility index (Phi) is 4.93. The molecule has 17 heavy (non-hydrogen) atoms. The molecule has 1 aliphatic rings. The average molecular weight is 238 g/mol. The second-order valence-electron chi connectivity index (χ2n) is 5.98. The Morgan fingerprint density at radius 2 is 2.06 bits per heavy atom. The predicted octanol–water partition coefficient (Wildman–Crippen LogP) is 0.856. The van der Waals surface area contributed by atoms with Gasteiger partial charge in [-0.15, -0.1) is 0 Å². The van der Waals surface area contributed by atoms with Crippen LogP contribution in [0, 0.1) is 11.3 Å². The zero-order valence-electron chi connectivity index (χ0n) is 11.9. The zero-order chi connectivity index (χ0) is 13.1. The molecule has 0 aromatic heterocycles. The first kappa shape index (κ1) is 14.4. The summed E-state index contributed by atoms with van der Waals surface area (Å²) in [5.41, 5.74) is 0.159. The molecule has 1 atom stereocenters. The number of nitrogens with zero attached hydrogens (tertiary/aromatic N) is 4. The van der Waals surface area contributed by atoms with Gasteiger partial charge in [0, 0.05) is 37.8 Å². The highest BCUT2D eigenvalue weighted by molar-refractivity contribution is 4.97. The fraction of sp³-hybridized carbons (Fsp3) is 0.923. The third-order valence-corrected chi connectivity index (χ3v) is 3.77. The van der Waals surface area contributed by atoms with E-state index in [2.05, 4.69) is 55.8 Å². The highest BCUT2D eigenvalue weighted by atomic mass is 15.3. The minimum atomic E-state index is 0.159. The molecule has 0 amide bonds. The molecule has 1 rings (SSSR count). The standard InChI is InChI=1S/C13H26N4/c1-13(2)11-17(9-8-15(3)4)10-12(6-7-14)16(13)5/h12H,6,8-11H2,1-5H3. The van der Waals surface area contributed by atoms with Crippen LogP contribution < -0.4 is 0 Å². The topological polar surface area (TPSA) is 33.5 Å². The van der Waals surface area contributed by atoms with Crippen LogP contribution in [0.1, 0.15) is 20.3 Å². The quantitative estimate of drug-likeness (QED) is 0.727. The second kappa shape index (κ2) is 5.81. The Morgan fingerprint density at radius 3 is 2.59 bits per heavy atom. The van der Waals surface area contributed by atoms with Gasteiger partial charge in [0.2, 0.25) is 0 Å². The van der Waals surface area contributed by atoms with Gasteiger partial charge in [-0.2, -0.15) is 5.26 Å². The fourth-order valence-electron chi connectivity index (χ4n) is 2.46. The van der Waals surface area contributed by atoms with Gasteiger partial charge in [0.15, 0.2) is 0 Å². The van der Waals surface area contributed by atoms with Crippen LogP contribution in [0.5, 0.6) is 0 Å². The summed E-state index contributed by atoms with van der Waals surface area (Å²) in [5.74, 6) is 0. The third kappa shape index (κ3) is 3.95. The van der Waals surface area contributed by atoms with Crippen molar-refractivity contribution in [3.8, 4) is 6.07 Å². The number of piperazine rings is 1. The lowest BCUT2D eigenvalue weighted by molar-refractivity contribution is -0.00617. The highest BCUT2D eigenvalue weighted by Gasteiger charge is 2.36. The molecule has 4 nitrogen and oxygen atoms in total. The van der Waals surface area contributed by atoms with E-state index in [1.165, 1.54) is 0 Å². The molecule has 1 heterocycles. The van der Waals surface area contributed by atoms with Crippen molar-refractivity contribution in [2.75, 3.05) is 47.3 Å². The Bertz CT molecular complexity index is 280. The fourth-order valence-corrected chi connectivity index (χ4v) is 2.46. The molecular weight excluding hydrogens is 212 g/mol. The maximum absolute atomic E-state index is 8.91. The van der Waals surface area contributed by atoms with Crippen LogP contribution in [0.15, 0.2) is 0 Å². The largest absolute Gasteiger partial charge is 0.308 e. The van der Waals surface area contributed by atoms with E-state index in [9.17, 15) is 0 Å². The smallest absolute Gasteiger partial charge is 0.0638 e. The van der Waals surface area contributed by atoms with E-state index in [-0.39, 0.29) is 5.54 Å². The summed E-state index contributed by atoms with van der Waals surface area (Å²) in [6.07, 6.45) is 0.623. The van der Waals surface area contributed by atoms with Crippen molar-refractivity contribution in [2.45, 2.75) is 31.8 Å². The average Bonchev–Trinajstić information content (AvgIpc) is 2.22. The summed E-state index contributed by atoms with van der Waals surface area (Å²) in [7, 11) is 6.35. The molecule has 0 spiro atoms. The second-order valence-corrected chi connectivity index (χ2v) is 5.98. The first-order valence-electron chi connectivity index (χ1n) is 6.34. The third-order valence-electron chi connectivity index (χ3n) is 3.77. The van der Waals surface area contributed by atoms with Gasteiger partial charge in [-0.25, -0.2) is 0 Å². The first-order chi connectivity index (χ1) is 7.86. The van der Waals surface area contributed by atoms with E-state index in [4.69, 9.17) is 5.26 Å². The number of rotatable bonds is 4. The number of hydrogen-bond donors (Lipinski definition) is 0. The number of nitriles is 1. The predicted molar refractivity (Wildman–Crippen MR) is 70.9 cm³/mol. The minimum absolute atomic E-state index is 0.159. The lowest BCUT2D eigenvalue weighted by Gasteiger charge is -2.50. The van der Waals surface area contributed by atoms with Crippen molar-refractivity contribution in [3.05, 3.63) is 0 Å². The van der Waals surface area contributed by atoms with E-state index in [1.807, 2.05) is 0 Å². The molecule has 1 aliphatic heterocycles. The van der Waals surface area contributed by atoms with Crippen molar-refractivity contribution < 1.29 is 0 Å². The van der Waals surface area contributed by atoms with Gasteiger partial charge in [-0.1, -0.05) is 0 Å². The van der Waals surface area contributed by atoms with Gasteiger partial charge >= 0.3 is 0 Å². The van der Waals surface area contributed by atoms with Crippen molar-refractivity contribution in [2.24, 2.45) is 0 Å². The molecule has 1 saturated heterocycles. The summed E-state index contributed by atoms with van der Waals surface area (Å²) in [5, 5.41) is 8.91. The van der Waals surface area contributed by atoms with E-state index in [0.717, 1.165) is 26.2 Å². The summed E-state index contributed by atoms with van der Waals surface area (Å²) in [6, 6.07) is 2.68. The lowest BCUT2D eigenvalue weighted by atomic mass is 9.94. The van der Waals surface area contributed by atoms with Gasteiger partial charge in [0.1, 0.15) is 0 Å². The van der Waals surface area contributed by atoms with Crippen LogP contribution in [0.25, 0.3) is 0 Å². The highest BCUT2D eigenvalue weighted by Crippen LogP contribution is 2.24. The molecule has 0 N–H and O–H groups in total. The van der Waals surface area contributed by atoms with Crippen LogP contribution in [-0.4, -0.2) is 73.6 Å². The molecule has 0 bridgehead atoms. The zero-order valence-corrected chi connectivity index (χ0v) is 11.9. The van der Waals surface area contributed by atoms with Crippen LogP contribution in [0.2, 0.25) is 0 Å². The van der Waals surface area contributed by atoms with Gasteiger partial charge in [0.25, 0.3) is 0 Å². The van der Waals surface area contributed by atoms with E-state index in [1.54, 1.807) is 0 Å².